The maximum Gasteiger partial charge on any atom is 0.389 e. The van der Waals surface area contributed by atoms with Crippen molar-refractivity contribution in [2.45, 2.75) is 32.0 Å². The molecule has 1 nitrogen and oxygen atoms in total. The molecule has 0 heterocycles. The average molecular weight is 328 g/mol. The Hall–Kier alpha value is -0.620. The summed E-state index contributed by atoms with van der Waals surface area (Å²) >= 11 is 3.18. The van der Waals surface area contributed by atoms with Crippen LogP contribution in [0.1, 0.15) is 31.4 Å². The van der Waals surface area contributed by atoms with Crippen molar-refractivity contribution in [2.24, 2.45) is 0 Å². The summed E-state index contributed by atoms with van der Waals surface area (Å²) in [4.78, 5) is 0. The van der Waals surface area contributed by atoms with Crippen LogP contribution in [0.4, 0.5) is 17.6 Å². The molecule has 0 radical (unpaired) electrons. The summed E-state index contributed by atoms with van der Waals surface area (Å²) in [6.45, 7) is 2.37. The molecule has 0 saturated heterocycles. The van der Waals surface area contributed by atoms with Crippen molar-refractivity contribution >= 4 is 15.9 Å². The van der Waals surface area contributed by atoms with Crippen molar-refractivity contribution < 1.29 is 17.6 Å². The van der Waals surface area contributed by atoms with Crippen molar-refractivity contribution in [1.82, 2.24) is 5.32 Å². The normalized spacial score (nSPS) is 13.7. The lowest BCUT2D eigenvalue weighted by Gasteiger charge is -2.20. The second-order valence-electron chi connectivity index (χ2n) is 3.93. The number of hydrogen-bond acceptors (Lipinski definition) is 1. The quantitative estimate of drug-likeness (QED) is 0.780. The summed E-state index contributed by atoms with van der Waals surface area (Å²) in [5, 5.41) is 2.98. The van der Waals surface area contributed by atoms with Gasteiger partial charge in [0.05, 0.1) is 0 Å². The van der Waals surface area contributed by atoms with Crippen molar-refractivity contribution in [3.05, 3.63) is 34.1 Å². The van der Waals surface area contributed by atoms with E-state index in [4.69, 9.17) is 0 Å². The molecule has 0 saturated carbocycles. The maximum atomic E-state index is 12.9. The molecule has 0 fully saturated rings. The first-order valence-corrected chi connectivity index (χ1v) is 6.38. The van der Waals surface area contributed by atoms with Crippen LogP contribution in [0.5, 0.6) is 0 Å². The molecule has 1 rings (SSSR count). The zero-order valence-corrected chi connectivity index (χ0v) is 11.4. The predicted molar refractivity (Wildman–Crippen MR) is 65.8 cm³/mol. The standard InChI is InChI=1S/C12H14BrF4N/c1-2-18-11(5-6-12(15,16)17)9-4-3-8(14)7-10(9)13/h3-4,7,11,18H,2,5-6H2,1H3. The van der Waals surface area contributed by atoms with Crippen LogP contribution < -0.4 is 5.32 Å². The zero-order chi connectivity index (χ0) is 13.8. The van der Waals surface area contributed by atoms with Crippen LogP contribution in [0.2, 0.25) is 0 Å². The van der Waals surface area contributed by atoms with E-state index < -0.39 is 24.5 Å². The molecule has 6 heteroatoms. The largest absolute Gasteiger partial charge is 0.389 e. The van der Waals surface area contributed by atoms with Crippen molar-refractivity contribution in [3.8, 4) is 0 Å². The average Bonchev–Trinajstić information content (AvgIpc) is 2.24. The molecule has 1 N–H and O–H groups in total. The number of benzene rings is 1. The van der Waals surface area contributed by atoms with E-state index in [1.807, 2.05) is 6.92 Å². The van der Waals surface area contributed by atoms with Crippen molar-refractivity contribution in [3.63, 3.8) is 0 Å². The third-order valence-corrected chi connectivity index (χ3v) is 3.19. The van der Waals surface area contributed by atoms with Gasteiger partial charge in [0.25, 0.3) is 0 Å². The van der Waals surface area contributed by atoms with E-state index in [1.165, 1.54) is 18.2 Å². The molecule has 0 aromatic heterocycles. The van der Waals surface area contributed by atoms with Crippen LogP contribution >= 0.6 is 15.9 Å². The smallest absolute Gasteiger partial charge is 0.310 e. The highest BCUT2D eigenvalue weighted by Gasteiger charge is 2.29. The molecule has 0 aliphatic rings. The summed E-state index contributed by atoms with van der Waals surface area (Å²) in [6, 6.07) is 3.57. The van der Waals surface area contributed by atoms with Crippen LogP contribution in [0.3, 0.4) is 0 Å². The number of halogens is 5. The Bertz CT molecular complexity index is 392. The van der Waals surface area contributed by atoms with Gasteiger partial charge in [0.1, 0.15) is 5.82 Å². The Labute approximate surface area is 112 Å². The van der Waals surface area contributed by atoms with Gasteiger partial charge in [-0.05, 0) is 30.7 Å². The Morgan fingerprint density at radius 3 is 2.50 bits per heavy atom. The number of hydrogen-bond donors (Lipinski definition) is 1. The molecule has 18 heavy (non-hydrogen) atoms. The second-order valence-corrected chi connectivity index (χ2v) is 4.78. The molecule has 102 valence electrons. The van der Waals surface area contributed by atoms with Gasteiger partial charge in [0, 0.05) is 16.9 Å². The third-order valence-electron chi connectivity index (χ3n) is 2.50. The summed E-state index contributed by atoms with van der Waals surface area (Å²) in [5.41, 5.74) is 0.641. The summed E-state index contributed by atoms with van der Waals surface area (Å²) in [5.74, 6) is -0.420. The first-order valence-electron chi connectivity index (χ1n) is 5.58. The van der Waals surface area contributed by atoms with Crippen LogP contribution in [-0.4, -0.2) is 12.7 Å². The van der Waals surface area contributed by atoms with Gasteiger partial charge in [-0.25, -0.2) is 4.39 Å². The minimum Gasteiger partial charge on any atom is -0.310 e. The summed E-state index contributed by atoms with van der Waals surface area (Å²) in [7, 11) is 0. The number of nitrogens with one attached hydrogen (secondary N) is 1. The van der Waals surface area contributed by atoms with Gasteiger partial charge in [-0.2, -0.15) is 13.2 Å². The molecule has 0 spiro atoms. The molecule has 1 atom stereocenters. The van der Waals surface area contributed by atoms with Crippen molar-refractivity contribution in [1.29, 1.82) is 0 Å². The van der Waals surface area contributed by atoms with E-state index in [9.17, 15) is 17.6 Å². The molecule has 1 aromatic carbocycles. The van der Waals surface area contributed by atoms with E-state index in [-0.39, 0.29) is 6.42 Å². The van der Waals surface area contributed by atoms with E-state index in [0.717, 1.165) is 0 Å². The van der Waals surface area contributed by atoms with Crippen molar-refractivity contribution in [2.75, 3.05) is 6.54 Å². The fourth-order valence-electron chi connectivity index (χ4n) is 1.71. The molecule has 1 unspecified atom stereocenters. The van der Waals surface area contributed by atoms with Gasteiger partial charge in [-0.3, -0.25) is 0 Å². The van der Waals surface area contributed by atoms with E-state index in [0.29, 0.717) is 16.6 Å². The lowest BCUT2D eigenvalue weighted by Crippen LogP contribution is -2.23. The molecule has 0 aliphatic carbocycles. The molecule has 0 bridgehead atoms. The fraction of sp³-hybridized carbons (Fsp3) is 0.500. The van der Waals surface area contributed by atoms with Crippen LogP contribution in [0, 0.1) is 5.82 Å². The third kappa shape index (κ3) is 4.94. The Morgan fingerprint density at radius 2 is 2.00 bits per heavy atom. The van der Waals surface area contributed by atoms with Gasteiger partial charge in [-0.1, -0.05) is 28.9 Å². The minimum absolute atomic E-state index is 0.0679. The fourth-order valence-corrected chi connectivity index (χ4v) is 2.33. The highest BCUT2D eigenvalue weighted by atomic mass is 79.9. The Morgan fingerprint density at radius 1 is 1.33 bits per heavy atom. The molecule has 0 amide bonds. The first-order chi connectivity index (χ1) is 8.33. The predicted octanol–water partition coefficient (Wildman–Crippen LogP) is 4.58. The molecular formula is C12H14BrF4N. The highest BCUT2D eigenvalue weighted by molar-refractivity contribution is 9.10. The maximum absolute atomic E-state index is 12.9. The van der Waals surface area contributed by atoms with Crippen LogP contribution in [0.15, 0.2) is 22.7 Å². The Balaban J connectivity index is 2.83. The van der Waals surface area contributed by atoms with Crippen LogP contribution in [0.25, 0.3) is 0 Å². The monoisotopic (exact) mass is 327 g/mol. The van der Waals surface area contributed by atoms with E-state index in [1.54, 1.807) is 0 Å². The second kappa shape index (κ2) is 6.52. The highest BCUT2D eigenvalue weighted by Crippen LogP contribution is 2.31. The van der Waals surface area contributed by atoms with Gasteiger partial charge >= 0.3 is 6.18 Å². The van der Waals surface area contributed by atoms with Gasteiger partial charge in [-0.15, -0.1) is 0 Å². The first kappa shape index (κ1) is 15.4. The van der Waals surface area contributed by atoms with Crippen LogP contribution in [-0.2, 0) is 0 Å². The summed E-state index contributed by atoms with van der Waals surface area (Å²) < 4.78 is 50.1. The van der Waals surface area contributed by atoms with Gasteiger partial charge in [0.2, 0.25) is 0 Å². The van der Waals surface area contributed by atoms with Gasteiger partial charge in [0.15, 0.2) is 0 Å². The van der Waals surface area contributed by atoms with Gasteiger partial charge < -0.3 is 5.32 Å². The summed E-state index contributed by atoms with van der Waals surface area (Å²) in [6.07, 6.45) is -5.11. The lowest BCUT2D eigenvalue weighted by molar-refractivity contribution is -0.136. The van der Waals surface area contributed by atoms with E-state index in [2.05, 4.69) is 21.2 Å². The van der Waals surface area contributed by atoms with E-state index >= 15 is 0 Å². The molecule has 1 aromatic rings. The number of alkyl halides is 3. The zero-order valence-electron chi connectivity index (χ0n) is 9.82. The molecule has 0 aliphatic heterocycles. The minimum atomic E-state index is -4.18. The lowest BCUT2D eigenvalue weighted by atomic mass is 10.0. The SMILES string of the molecule is CCNC(CCC(F)(F)F)c1ccc(F)cc1Br. The molecular weight excluding hydrogens is 314 g/mol. The topological polar surface area (TPSA) is 12.0 Å². The number of rotatable bonds is 5. The Kier molecular flexibility index (Phi) is 5.59.